The van der Waals surface area contributed by atoms with Crippen LogP contribution in [0.3, 0.4) is 0 Å². The van der Waals surface area contributed by atoms with E-state index in [9.17, 15) is 0 Å². The molecule has 8 heteroatoms. The van der Waals surface area contributed by atoms with Crippen LogP contribution in [-0.4, -0.2) is 30.9 Å². The molecule has 0 amide bonds. The number of hydrogen-bond donors (Lipinski definition) is 2. The molecule has 0 aliphatic heterocycles. The van der Waals surface area contributed by atoms with Crippen LogP contribution in [0.5, 0.6) is 11.5 Å². The van der Waals surface area contributed by atoms with Crippen molar-refractivity contribution < 1.29 is 14.0 Å². The van der Waals surface area contributed by atoms with Crippen molar-refractivity contribution in [1.29, 1.82) is 0 Å². The summed E-state index contributed by atoms with van der Waals surface area (Å²) in [5.74, 6) is 3.52. The summed E-state index contributed by atoms with van der Waals surface area (Å²) in [5, 5.41) is 10.7. The molecule has 172 valence electrons. The van der Waals surface area contributed by atoms with Gasteiger partial charge in [-0.2, -0.15) is 0 Å². The van der Waals surface area contributed by atoms with E-state index in [-0.39, 0.29) is 30.1 Å². The first-order valence-corrected chi connectivity index (χ1v) is 10.9. The molecular formula is C23H35IN4O3. The van der Waals surface area contributed by atoms with Crippen molar-refractivity contribution in [3.8, 4) is 11.5 Å². The lowest BCUT2D eigenvalue weighted by Gasteiger charge is -2.17. The molecule has 1 aliphatic carbocycles. The molecule has 0 spiro atoms. The summed E-state index contributed by atoms with van der Waals surface area (Å²) in [6.07, 6.45) is 4.97. The predicted octanol–water partition coefficient (Wildman–Crippen LogP) is 5.00. The monoisotopic (exact) mass is 542 g/mol. The zero-order valence-electron chi connectivity index (χ0n) is 18.9. The number of nitrogens with one attached hydrogen (secondary N) is 2. The van der Waals surface area contributed by atoms with E-state index >= 15 is 0 Å². The van der Waals surface area contributed by atoms with Gasteiger partial charge in [0.1, 0.15) is 11.5 Å². The number of benzene rings is 1. The molecule has 1 fully saturated rings. The van der Waals surface area contributed by atoms with Crippen LogP contribution in [0, 0.1) is 0 Å². The van der Waals surface area contributed by atoms with Crippen LogP contribution in [0.1, 0.15) is 69.4 Å². The Labute approximate surface area is 202 Å². The molecular weight excluding hydrogens is 507 g/mol. The van der Waals surface area contributed by atoms with Gasteiger partial charge in [0.05, 0.1) is 32.0 Å². The SMILES string of the molecule is CCNC(=NCc1ccc(OC)cc1OC1CCCC1)NCc1cc(C(C)C)no1.I. The first-order valence-electron chi connectivity index (χ1n) is 10.9. The Balaban J connectivity index is 0.00000341. The highest BCUT2D eigenvalue weighted by molar-refractivity contribution is 14.0. The smallest absolute Gasteiger partial charge is 0.191 e. The van der Waals surface area contributed by atoms with Gasteiger partial charge in [0.2, 0.25) is 0 Å². The Kier molecular flexibility index (Phi) is 10.4. The van der Waals surface area contributed by atoms with Crippen LogP contribution < -0.4 is 20.1 Å². The Morgan fingerprint density at radius 3 is 2.65 bits per heavy atom. The number of rotatable bonds is 9. The lowest BCUT2D eigenvalue weighted by Crippen LogP contribution is -2.36. The molecule has 7 nitrogen and oxygen atoms in total. The van der Waals surface area contributed by atoms with E-state index in [1.165, 1.54) is 12.8 Å². The van der Waals surface area contributed by atoms with Gasteiger partial charge in [-0.15, -0.1) is 24.0 Å². The van der Waals surface area contributed by atoms with Crippen molar-refractivity contribution in [2.24, 2.45) is 4.99 Å². The normalized spacial score (nSPS) is 14.4. The minimum Gasteiger partial charge on any atom is -0.497 e. The summed E-state index contributed by atoms with van der Waals surface area (Å²) < 4.78 is 17.1. The molecule has 0 unspecified atom stereocenters. The molecule has 2 N–H and O–H groups in total. The molecule has 0 atom stereocenters. The summed E-state index contributed by atoms with van der Waals surface area (Å²) in [6.45, 7) is 8.05. The van der Waals surface area contributed by atoms with Crippen molar-refractivity contribution in [2.45, 2.75) is 71.6 Å². The van der Waals surface area contributed by atoms with Gasteiger partial charge in [-0.1, -0.05) is 19.0 Å². The molecule has 0 radical (unpaired) electrons. The molecule has 0 saturated heterocycles. The van der Waals surface area contributed by atoms with E-state index in [4.69, 9.17) is 19.0 Å². The summed E-state index contributed by atoms with van der Waals surface area (Å²) in [7, 11) is 1.67. The lowest BCUT2D eigenvalue weighted by atomic mass is 10.1. The third kappa shape index (κ3) is 7.59. The van der Waals surface area contributed by atoms with Crippen LogP contribution in [-0.2, 0) is 13.1 Å². The maximum atomic E-state index is 6.28. The zero-order valence-corrected chi connectivity index (χ0v) is 21.3. The summed E-state index contributed by atoms with van der Waals surface area (Å²) in [4.78, 5) is 4.74. The standard InChI is InChI=1S/C23H34N4O3.HI/c1-5-24-23(26-15-20-12-21(16(2)3)27-30-20)25-14-17-10-11-19(28-4)13-22(17)29-18-8-6-7-9-18;/h10-13,16,18H,5-9,14-15H2,1-4H3,(H2,24,25,26);1H. The van der Waals surface area contributed by atoms with E-state index in [0.717, 1.165) is 53.9 Å². The number of nitrogens with zero attached hydrogens (tertiary/aromatic N) is 2. The van der Waals surface area contributed by atoms with Crippen LogP contribution in [0.25, 0.3) is 0 Å². The van der Waals surface area contributed by atoms with E-state index in [0.29, 0.717) is 19.0 Å². The minimum absolute atomic E-state index is 0. The second kappa shape index (κ2) is 12.8. The van der Waals surface area contributed by atoms with Gasteiger partial charge >= 0.3 is 0 Å². The summed E-state index contributed by atoms with van der Waals surface area (Å²) in [6, 6.07) is 7.93. The van der Waals surface area contributed by atoms with Crippen molar-refractivity contribution in [2.75, 3.05) is 13.7 Å². The molecule has 1 aromatic heterocycles. The van der Waals surface area contributed by atoms with E-state index in [2.05, 4.69) is 29.6 Å². The molecule has 1 saturated carbocycles. The number of aromatic nitrogens is 1. The Morgan fingerprint density at radius 1 is 1.23 bits per heavy atom. The van der Waals surface area contributed by atoms with Gasteiger partial charge in [-0.3, -0.25) is 0 Å². The van der Waals surface area contributed by atoms with Crippen molar-refractivity contribution in [3.63, 3.8) is 0 Å². The molecule has 1 heterocycles. The number of halogens is 1. The number of hydrogen-bond acceptors (Lipinski definition) is 5. The lowest BCUT2D eigenvalue weighted by molar-refractivity contribution is 0.207. The molecule has 1 aromatic carbocycles. The molecule has 31 heavy (non-hydrogen) atoms. The minimum atomic E-state index is 0. The van der Waals surface area contributed by atoms with Crippen molar-refractivity contribution in [1.82, 2.24) is 15.8 Å². The summed E-state index contributed by atoms with van der Waals surface area (Å²) in [5.41, 5.74) is 2.00. The average molecular weight is 542 g/mol. The van der Waals surface area contributed by atoms with E-state index < -0.39 is 0 Å². The molecule has 0 bridgehead atoms. The van der Waals surface area contributed by atoms with E-state index in [1.54, 1.807) is 7.11 Å². The van der Waals surface area contributed by atoms with Crippen LogP contribution in [0.15, 0.2) is 33.8 Å². The van der Waals surface area contributed by atoms with E-state index in [1.807, 2.05) is 31.2 Å². The van der Waals surface area contributed by atoms with Gasteiger partial charge < -0.3 is 24.6 Å². The maximum absolute atomic E-state index is 6.28. The van der Waals surface area contributed by atoms with Gasteiger partial charge in [0.25, 0.3) is 0 Å². The van der Waals surface area contributed by atoms with Gasteiger partial charge in [0, 0.05) is 24.2 Å². The number of guanidine groups is 1. The Bertz CT molecular complexity index is 832. The third-order valence-corrected chi connectivity index (χ3v) is 5.22. The fourth-order valence-corrected chi connectivity index (χ4v) is 3.45. The first kappa shape index (κ1) is 25.3. The topological polar surface area (TPSA) is 80.9 Å². The number of aliphatic imine (C=N–C) groups is 1. The predicted molar refractivity (Wildman–Crippen MR) is 134 cm³/mol. The fourth-order valence-electron chi connectivity index (χ4n) is 3.45. The van der Waals surface area contributed by atoms with Crippen LogP contribution >= 0.6 is 24.0 Å². The largest absolute Gasteiger partial charge is 0.497 e. The third-order valence-electron chi connectivity index (χ3n) is 5.22. The van der Waals surface area contributed by atoms with Crippen molar-refractivity contribution in [3.05, 3.63) is 41.3 Å². The molecule has 2 aromatic rings. The second-order valence-corrected chi connectivity index (χ2v) is 7.92. The number of ether oxygens (including phenoxy) is 2. The van der Waals surface area contributed by atoms with Crippen LogP contribution in [0.2, 0.25) is 0 Å². The van der Waals surface area contributed by atoms with Gasteiger partial charge in [-0.05, 0) is 50.7 Å². The highest BCUT2D eigenvalue weighted by Crippen LogP contribution is 2.30. The van der Waals surface area contributed by atoms with Crippen molar-refractivity contribution >= 4 is 29.9 Å². The maximum Gasteiger partial charge on any atom is 0.191 e. The number of methoxy groups -OCH3 is 1. The Hall–Kier alpha value is -1.97. The Morgan fingerprint density at radius 2 is 2.00 bits per heavy atom. The van der Waals surface area contributed by atoms with Gasteiger partial charge in [-0.25, -0.2) is 4.99 Å². The molecule has 3 rings (SSSR count). The molecule has 1 aliphatic rings. The summed E-state index contributed by atoms with van der Waals surface area (Å²) >= 11 is 0. The fraction of sp³-hybridized carbons (Fsp3) is 0.565. The van der Waals surface area contributed by atoms with Crippen LogP contribution in [0.4, 0.5) is 0 Å². The highest BCUT2D eigenvalue weighted by Gasteiger charge is 2.18. The quantitative estimate of drug-likeness (QED) is 0.264. The second-order valence-electron chi connectivity index (χ2n) is 7.92. The first-order chi connectivity index (χ1) is 14.6. The highest BCUT2D eigenvalue weighted by atomic mass is 127. The zero-order chi connectivity index (χ0) is 21.3. The van der Waals surface area contributed by atoms with Gasteiger partial charge in [0.15, 0.2) is 11.7 Å². The average Bonchev–Trinajstić information content (AvgIpc) is 3.43.